The van der Waals surface area contributed by atoms with Crippen LogP contribution in [0.2, 0.25) is 0 Å². The zero-order chi connectivity index (χ0) is 13.0. The van der Waals surface area contributed by atoms with Crippen LogP contribution in [0.1, 0.15) is 25.3 Å². The summed E-state index contributed by atoms with van der Waals surface area (Å²) in [4.78, 5) is 2.29. The SMILES string of the molecule is CCOC1CCN(Cc2ccc(Br)cc2F)CC1. The minimum atomic E-state index is -0.128. The standard InChI is InChI=1S/C14H19BrFNO/c1-2-18-13-5-7-17(8-6-13)10-11-3-4-12(15)9-14(11)16/h3-4,9,13H,2,5-8,10H2,1H3. The Balaban J connectivity index is 1.87. The second kappa shape index (κ2) is 6.64. The molecule has 1 fully saturated rings. The molecule has 1 aliphatic rings. The predicted molar refractivity (Wildman–Crippen MR) is 74.0 cm³/mol. The maximum Gasteiger partial charge on any atom is 0.128 e. The third-order valence-electron chi connectivity index (χ3n) is 3.35. The Bertz CT molecular complexity index is 391. The molecule has 2 rings (SSSR count). The van der Waals surface area contributed by atoms with Gasteiger partial charge < -0.3 is 4.74 Å². The molecular formula is C14H19BrFNO. The van der Waals surface area contributed by atoms with Crippen LogP contribution in [-0.4, -0.2) is 30.7 Å². The number of piperidine rings is 1. The van der Waals surface area contributed by atoms with Crippen molar-refractivity contribution >= 4 is 15.9 Å². The first kappa shape index (κ1) is 14.0. The van der Waals surface area contributed by atoms with Crippen LogP contribution < -0.4 is 0 Å². The van der Waals surface area contributed by atoms with E-state index >= 15 is 0 Å². The van der Waals surface area contributed by atoms with Crippen molar-refractivity contribution in [1.29, 1.82) is 0 Å². The summed E-state index contributed by atoms with van der Waals surface area (Å²) in [6.07, 6.45) is 2.49. The van der Waals surface area contributed by atoms with Crippen molar-refractivity contribution in [3.05, 3.63) is 34.1 Å². The number of hydrogen-bond acceptors (Lipinski definition) is 2. The van der Waals surface area contributed by atoms with E-state index in [0.29, 0.717) is 12.6 Å². The van der Waals surface area contributed by atoms with E-state index in [1.54, 1.807) is 0 Å². The minimum Gasteiger partial charge on any atom is -0.378 e. The van der Waals surface area contributed by atoms with E-state index in [0.717, 1.165) is 42.6 Å². The summed E-state index contributed by atoms with van der Waals surface area (Å²) in [6.45, 7) is 5.48. The molecule has 0 unspecified atom stereocenters. The van der Waals surface area contributed by atoms with Crippen LogP contribution in [0.5, 0.6) is 0 Å². The molecule has 0 amide bonds. The summed E-state index contributed by atoms with van der Waals surface area (Å²) in [7, 11) is 0. The topological polar surface area (TPSA) is 12.5 Å². The highest BCUT2D eigenvalue weighted by molar-refractivity contribution is 9.10. The van der Waals surface area contributed by atoms with Crippen molar-refractivity contribution in [3.63, 3.8) is 0 Å². The molecule has 0 aliphatic carbocycles. The number of ether oxygens (including phenoxy) is 1. The maximum atomic E-state index is 13.7. The fraction of sp³-hybridized carbons (Fsp3) is 0.571. The van der Waals surface area contributed by atoms with Gasteiger partial charge in [-0.1, -0.05) is 22.0 Å². The summed E-state index contributed by atoms with van der Waals surface area (Å²) >= 11 is 3.28. The molecule has 1 aromatic rings. The third-order valence-corrected chi connectivity index (χ3v) is 3.84. The second-order valence-electron chi connectivity index (χ2n) is 4.67. The van der Waals surface area contributed by atoms with Crippen molar-refractivity contribution in [2.24, 2.45) is 0 Å². The van der Waals surface area contributed by atoms with Gasteiger partial charge in [-0.05, 0) is 31.9 Å². The van der Waals surface area contributed by atoms with Gasteiger partial charge in [0.1, 0.15) is 5.82 Å². The van der Waals surface area contributed by atoms with Crippen LogP contribution >= 0.6 is 15.9 Å². The fourth-order valence-corrected chi connectivity index (χ4v) is 2.69. The van der Waals surface area contributed by atoms with Gasteiger partial charge in [-0.15, -0.1) is 0 Å². The Morgan fingerprint density at radius 1 is 1.39 bits per heavy atom. The number of halogens is 2. The number of benzene rings is 1. The zero-order valence-electron chi connectivity index (χ0n) is 10.7. The summed E-state index contributed by atoms with van der Waals surface area (Å²) in [5.41, 5.74) is 0.771. The molecule has 1 aromatic carbocycles. The molecule has 0 bridgehead atoms. The average molecular weight is 316 g/mol. The highest BCUT2D eigenvalue weighted by Gasteiger charge is 2.19. The van der Waals surface area contributed by atoms with Crippen LogP contribution in [0, 0.1) is 5.82 Å². The molecule has 100 valence electrons. The number of hydrogen-bond donors (Lipinski definition) is 0. The van der Waals surface area contributed by atoms with Crippen molar-refractivity contribution in [2.45, 2.75) is 32.4 Å². The molecule has 1 saturated heterocycles. The minimum absolute atomic E-state index is 0.128. The van der Waals surface area contributed by atoms with Gasteiger partial charge in [0.25, 0.3) is 0 Å². The molecule has 18 heavy (non-hydrogen) atoms. The fourth-order valence-electron chi connectivity index (χ4n) is 2.36. The zero-order valence-corrected chi connectivity index (χ0v) is 12.2. The molecule has 0 N–H and O–H groups in total. The molecule has 0 spiro atoms. The molecule has 2 nitrogen and oxygen atoms in total. The summed E-state index contributed by atoms with van der Waals surface area (Å²) in [6, 6.07) is 5.28. The highest BCUT2D eigenvalue weighted by atomic mass is 79.9. The van der Waals surface area contributed by atoms with Crippen LogP contribution in [0.25, 0.3) is 0 Å². The van der Waals surface area contributed by atoms with Gasteiger partial charge in [-0.25, -0.2) is 4.39 Å². The summed E-state index contributed by atoms with van der Waals surface area (Å²) in [5, 5.41) is 0. The van der Waals surface area contributed by atoms with Gasteiger partial charge >= 0.3 is 0 Å². The van der Waals surface area contributed by atoms with Gasteiger partial charge in [0.15, 0.2) is 0 Å². The molecule has 4 heteroatoms. The van der Waals surface area contributed by atoms with Gasteiger partial charge in [0, 0.05) is 36.3 Å². The molecule has 0 aromatic heterocycles. The Labute approximate surface area is 116 Å². The Kier molecular flexibility index (Phi) is 5.15. The van der Waals surface area contributed by atoms with E-state index < -0.39 is 0 Å². The smallest absolute Gasteiger partial charge is 0.128 e. The quantitative estimate of drug-likeness (QED) is 0.842. The molecule has 0 atom stereocenters. The summed E-state index contributed by atoms with van der Waals surface area (Å²) < 4.78 is 20.1. The predicted octanol–water partition coefficient (Wildman–Crippen LogP) is 3.59. The molecule has 1 aliphatic heterocycles. The first-order valence-corrected chi connectivity index (χ1v) is 7.26. The normalized spacial score (nSPS) is 18.2. The van der Waals surface area contributed by atoms with Crippen molar-refractivity contribution in [2.75, 3.05) is 19.7 Å². The lowest BCUT2D eigenvalue weighted by Crippen LogP contribution is -2.36. The summed E-state index contributed by atoms with van der Waals surface area (Å²) in [5.74, 6) is -0.128. The van der Waals surface area contributed by atoms with Gasteiger partial charge in [0.05, 0.1) is 6.10 Å². The van der Waals surface area contributed by atoms with Crippen LogP contribution in [0.15, 0.2) is 22.7 Å². The Morgan fingerprint density at radius 2 is 2.11 bits per heavy atom. The molecule has 1 heterocycles. The lowest BCUT2D eigenvalue weighted by Gasteiger charge is -2.31. The number of rotatable bonds is 4. The van der Waals surface area contributed by atoms with Gasteiger partial charge in [-0.3, -0.25) is 4.90 Å². The Morgan fingerprint density at radius 3 is 2.72 bits per heavy atom. The number of nitrogens with zero attached hydrogens (tertiary/aromatic N) is 1. The van der Waals surface area contributed by atoms with Crippen molar-refractivity contribution in [3.8, 4) is 0 Å². The van der Waals surface area contributed by atoms with E-state index in [-0.39, 0.29) is 5.82 Å². The lowest BCUT2D eigenvalue weighted by atomic mass is 10.1. The lowest BCUT2D eigenvalue weighted by molar-refractivity contribution is 0.0123. The third kappa shape index (κ3) is 3.77. The van der Waals surface area contributed by atoms with E-state index in [9.17, 15) is 4.39 Å². The maximum absolute atomic E-state index is 13.7. The molecule has 0 radical (unpaired) electrons. The van der Waals surface area contributed by atoms with Crippen LogP contribution in [0.3, 0.4) is 0 Å². The molecule has 0 saturated carbocycles. The largest absolute Gasteiger partial charge is 0.378 e. The Hall–Kier alpha value is -0.450. The first-order valence-electron chi connectivity index (χ1n) is 6.47. The first-order chi connectivity index (χ1) is 8.69. The van der Waals surface area contributed by atoms with Crippen LogP contribution in [-0.2, 0) is 11.3 Å². The highest BCUT2D eigenvalue weighted by Crippen LogP contribution is 2.20. The van der Waals surface area contributed by atoms with E-state index in [4.69, 9.17) is 4.74 Å². The van der Waals surface area contributed by atoms with Gasteiger partial charge in [0.2, 0.25) is 0 Å². The van der Waals surface area contributed by atoms with E-state index in [1.807, 2.05) is 19.1 Å². The number of likely N-dealkylation sites (tertiary alicyclic amines) is 1. The average Bonchev–Trinajstić information content (AvgIpc) is 2.35. The molecular weight excluding hydrogens is 297 g/mol. The van der Waals surface area contributed by atoms with Crippen LogP contribution in [0.4, 0.5) is 4.39 Å². The van der Waals surface area contributed by atoms with E-state index in [2.05, 4.69) is 20.8 Å². The van der Waals surface area contributed by atoms with Gasteiger partial charge in [-0.2, -0.15) is 0 Å². The van der Waals surface area contributed by atoms with Crippen molar-refractivity contribution < 1.29 is 9.13 Å². The van der Waals surface area contributed by atoms with Crippen molar-refractivity contribution in [1.82, 2.24) is 4.90 Å². The van der Waals surface area contributed by atoms with E-state index in [1.165, 1.54) is 6.07 Å². The monoisotopic (exact) mass is 315 g/mol. The second-order valence-corrected chi connectivity index (χ2v) is 5.58.